The Bertz CT molecular complexity index is 132. The minimum Gasteiger partial charge on any atom is -0.307 e. The molecule has 1 unspecified atom stereocenters. The molecule has 0 aromatic rings. The number of nitrogens with zero attached hydrogens (tertiary/aromatic N) is 1. The zero-order valence-corrected chi connectivity index (χ0v) is 6.72. The van der Waals surface area contributed by atoms with E-state index in [4.69, 9.17) is 0 Å². The normalized spacial score (nSPS) is 13.2. The second-order valence-corrected chi connectivity index (χ2v) is 2.63. The van der Waals surface area contributed by atoms with Gasteiger partial charge in [0.1, 0.15) is 0 Å². The molecule has 0 aliphatic carbocycles. The van der Waals surface area contributed by atoms with Crippen molar-refractivity contribution in [3.63, 3.8) is 0 Å². The van der Waals surface area contributed by atoms with Gasteiger partial charge in [-0.2, -0.15) is 0 Å². The van der Waals surface area contributed by atoms with Crippen molar-refractivity contribution >= 4 is 0 Å². The maximum atomic E-state index is 9.94. The Hall–Kier alpha value is -0.700. The van der Waals surface area contributed by atoms with Gasteiger partial charge in [-0.05, 0) is 12.1 Å². The second kappa shape index (κ2) is 4.17. The molecule has 0 fully saturated rings. The van der Waals surface area contributed by atoms with E-state index in [0.717, 1.165) is 0 Å². The molecule has 0 aromatic heterocycles. The molecule has 0 amide bonds. The van der Waals surface area contributed by atoms with E-state index in [1.165, 1.54) is 0 Å². The van der Waals surface area contributed by atoms with Crippen LogP contribution >= 0.6 is 0 Å². The van der Waals surface area contributed by atoms with Crippen LogP contribution < -0.4 is 5.32 Å². The summed E-state index contributed by atoms with van der Waals surface area (Å²) in [6, 6.07) is 0.339. The van der Waals surface area contributed by atoms with Crippen LogP contribution in [0.25, 0.3) is 0 Å². The van der Waals surface area contributed by atoms with Crippen molar-refractivity contribution in [2.45, 2.75) is 32.9 Å². The van der Waals surface area contributed by atoms with Crippen molar-refractivity contribution in [2.75, 3.05) is 0 Å². The smallest absolute Gasteiger partial charge is 0.0943 e. The summed E-state index contributed by atoms with van der Waals surface area (Å²) < 4.78 is 0. The average Bonchev–Trinajstić information content (AvgIpc) is 1.85. The summed E-state index contributed by atoms with van der Waals surface area (Å²) in [5, 5.41) is 5.83. The van der Waals surface area contributed by atoms with Crippen LogP contribution in [-0.2, 0) is 0 Å². The monoisotopic (exact) mass is 142 g/mol. The lowest BCUT2D eigenvalue weighted by molar-refractivity contribution is 0.531. The molecule has 3 heteroatoms. The Labute approximate surface area is 61.5 Å². The fourth-order valence-corrected chi connectivity index (χ4v) is 0.675. The number of rotatable bonds is 4. The van der Waals surface area contributed by atoms with Crippen LogP contribution in [-0.4, -0.2) is 12.1 Å². The molecular formula is C7H14N2O. The maximum absolute atomic E-state index is 9.94. The molecule has 0 radical (unpaired) electrons. The fourth-order valence-electron chi connectivity index (χ4n) is 0.675. The Morgan fingerprint density at radius 2 is 2.00 bits per heavy atom. The summed E-state index contributed by atoms with van der Waals surface area (Å²) in [5.74, 6) is 0. The van der Waals surface area contributed by atoms with E-state index in [1.54, 1.807) is 0 Å². The third-order valence-corrected chi connectivity index (χ3v) is 1.20. The highest BCUT2D eigenvalue weighted by Gasteiger charge is 2.06. The van der Waals surface area contributed by atoms with Crippen LogP contribution in [0.3, 0.4) is 0 Å². The first-order valence-electron chi connectivity index (χ1n) is 3.36. The Morgan fingerprint density at radius 3 is 2.30 bits per heavy atom. The third-order valence-electron chi connectivity index (χ3n) is 1.20. The minimum atomic E-state index is -0.0162. The molecule has 0 bridgehead atoms. The molecular weight excluding hydrogens is 128 g/mol. The number of hydrogen-bond acceptors (Lipinski definition) is 3. The summed E-state index contributed by atoms with van der Waals surface area (Å²) >= 11 is 0. The molecule has 3 nitrogen and oxygen atoms in total. The Kier molecular flexibility index (Phi) is 3.88. The molecule has 0 aromatic carbocycles. The second-order valence-electron chi connectivity index (χ2n) is 2.63. The summed E-state index contributed by atoms with van der Waals surface area (Å²) in [5.41, 5.74) is 0.355. The predicted molar refractivity (Wildman–Crippen MR) is 42.7 cm³/mol. The van der Waals surface area contributed by atoms with E-state index in [-0.39, 0.29) is 6.04 Å². The standard InChI is InChI=1S/C7H14N2O/c1-5(2)8-6(3)7(4)9-10/h5-6,8H,4H2,1-3H3. The molecule has 0 aliphatic heterocycles. The topological polar surface area (TPSA) is 41.5 Å². The highest BCUT2D eigenvalue weighted by Crippen LogP contribution is 1.99. The van der Waals surface area contributed by atoms with E-state index >= 15 is 0 Å². The minimum absolute atomic E-state index is 0.0162. The summed E-state index contributed by atoms with van der Waals surface area (Å²) in [6.07, 6.45) is 0. The van der Waals surface area contributed by atoms with E-state index in [2.05, 4.69) is 17.1 Å². The van der Waals surface area contributed by atoms with Gasteiger partial charge in [-0.25, -0.2) is 0 Å². The molecule has 0 rings (SSSR count). The molecule has 0 aliphatic rings. The predicted octanol–water partition coefficient (Wildman–Crippen LogP) is 1.65. The summed E-state index contributed by atoms with van der Waals surface area (Å²) in [6.45, 7) is 9.37. The van der Waals surface area contributed by atoms with Gasteiger partial charge in [0.15, 0.2) is 0 Å². The van der Waals surface area contributed by atoms with Crippen molar-refractivity contribution in [1.29, 1.82) is 0 Å². The van der Waals surface area contributed by atoms with Gasteiger partial charge < -0.3 is 5.32 Å². The SMILES string of the molecule is C=C(N=O)C(C)NC(C)C. The van der Waals surface area contributed by atoms with Crippen molar-refractivity contribution < 1.29 is 0 Å². The molecule has 10 heavy (non-hydrogen) atoms. The van der Waals surface area contributed by atoms with Crippen LogP contribution in [0, 0.1) is 4.91 Å². The van der Waals surface area contributed by atoms with Gasteiger partial charge in [-0.15, -0.1) is 4.91 Å². The van der Waals surface area contributed by atoms with Crippen LogP contribution in [0.5, 0.6) is 0 Å². The van der Waals surface area contributed by atoms with Gasteiger partial charge in [0.05, 0.1) is 5.70 Å². The van der Waals surface area contributed by atoms with E-state index in [9.17, 15) is 4.91 Å². The molecule has 1 N–H and O–H groups in total. The lowest BCUT2D eigenvalue weighted by Gasteiger charge is -2.14. The highest BCUT2D eigenvalue weighted by atomic mass is 16.3. The van der Waals surface area contributed by atoms with Gasteiger partial charge in [-0.3, -0.25) is 0 Å². The van der Waals surface area contributed by atoms with Crippen LogP contribution in [0.2, 0.25) is 0 Å². The Morgan fingerprint density at radius 1 is 1.50 bits per heavy atom. The van der Waals surface area contributed by atoms with Crippen molar-refractivity contribution in [3.8, 4) is 0 Å². The van der Waals surface area contributed by atoms with Gasteiger partial charge >= 0.3 is 0 Å². The van der Waals surface area contributed by atoms with Crippen molar-refractivity contribution in [1.82, 2.24) is 5.32 Å². The van der Waals surface area contributed by atoms with Crippen molar-refractivity contribution in [3.05, 3.63) is 17.2 Å². The first kappa shape index (κ1) is 9.30. The zero-order valence-electron chi connectivity index (χ0n) is 6.72. The third kappa shape index (κ3) is 3.35. The molecule has 0 saturated heterocycles. The average molecular weight is 142 g/mol. The maximum Gasteiger partial charge on any atom is 0.0943 e. The number of hydrogen-bond donors (Lipinski definition) is 1. The van der Waals surface area contributed by atoms with Gasteiger partial charge in [0.2, 0.25) is 0 Å². The van der Waals surface area contributed by atoms with E-state index in [0.29, 0.717) is 11.7 Å². The molecule has 0 saturated carbocycles. The molecule has 1 atom stereocenters. The lowest BCUT2D eigenvalue weighted by Crippen LogP contribution is -2.32. The summed E-state index contributed by atoms with van der Waals surface area (Å²) in [4.78, 5) is 9.94. The quantitative estimate of drug-likeness (QED) is 0.606. The Balaban J connectivity index is 3.72. The highest BCUT2D eigenvalue weighted by molar-refractivity contribution is 5.01. The van der Waals surface area contributed by atoms with Gasteiger partial charge in [-0.1, -0.05) is 20.4 Å². The van der Waals surface area contributed by atoms with Gasteiger partial charge in [0, 0.05) is 12.1 Å². The first-order valence-corrected chi connectivity index (χ1v) is 3.36. The number of nitroso groups, excluding NO2 is 1. The van der Waals surface area contributed by atoms with Crippen LogP contribution in [0.1, 0.15) is 20.8 Å². The summed E-state index contributed by atoms with van der Waals surface area (Å²) in [7, 11) is 0. The van der Waals surface area contributed by atoms with Crippen molar-refractivity contribution in [2.24, 2.45) is 5.18 Å². The van der Waals surface area contributed by atoms with E-state index < -0.39 is 0 Å². The zero-order chi connectivity index (χ0) is 8.15. The first-order chi connectivity index (χ1) is 4.57. The largest absolute Gasteiger partial charge is 0.307 e. The molecule has 58 valence electrons. The number of nitrogens with one attached hydrogen (secondary N) is 1. The lowest BCUT2D eigenvalue weighted by atomic mass is 10.2. The van der Waals surface area contributed by atoms with Crippen LogP contribution in [0.4, 0.5) is 0 Å². The molecule has 0 spiro atoms. The van der Waals surface area contributed by atoms with Gasteiger partial charge in [0.25, 0.3) is 0 Å². The van der Waals surface area contributed by atoms with Crippen LogP contribution in [0.15, 0.2) is 17.5 Å². The fraction of sp³-hybridized carbons (Fsp3) is 0.714. The molecule has 0 heterocycles. The van der Waals surface area contributed by atoms with E-state index in [1.807, 2.05) is 20.8 Å².